The first-order chi connectivity index (χ1) is 9.16. The Morgan fingerprint density at radius 1 is 1.47 bits per heavy atom. The maximum absolute atomic E-state index is 10.8. The third kappa shape index (κ3) is 3.89. The second-order valence-corrected chi connectivity index (χ2v) is 5.13. The Morgan fingerprint density at radius 3 is 3.00 bits per heavy atom. The summed E-state index contributed by atoms with van der Waals surface area (Å²) in [6.07, 6.45) is 8.01. The van der Waals surface area contributed by atoms with E-state index in [9.17, 15) is 10.1 Å². The minimum Gasteiger partial charge on any atom is -0.310 e. The summed E-state index contributed by atoms with van der Waals surface area (Å²) in [6, 6.07) is 7.01. The van der Waals surface area contributed by atoms with E-state index in [1.165, 1.54) is 12.5 Å². The van der Waals surface area contributed by atoms with Crippen LogP contribution in [0.15, 0.2) is 36.4 Å². The molecule has 1 aromatic carbocycles. The highest BCUT2D eigenvalue weighted by Crippen LogP contribution is 2.21. The van der Waals surface area contributed by atoms with Crippen molar-refractivity contribution in [3.63, 3.8) is 0 Å². The topological polar surface area (TPSA) is 55.2 Å². The number of hydrogen-bond donors (Lipinski definition) is 1. The molecule has 4 heteroatoms. The molecule has 0 saturated carbocycles. The fraction of sp³-hybridized carbons (Fsp3) is 0.467. The molecule has 1 aliphatic carbocycles. The van der Waals surface area contributed by atoms with Gasteiger partial charge < -0.3 is 5.32 Å². The molecule has 0 saturated heterocycles. The molecule has 102 valence electrons. The van der Waals surface area contributed by atoms with Crippen molar-refractivity contribution in [3.05, 3.63) is 52.1 Å². The van der Waals surface area contributed by atoms with E-state index in [0.717, 1.165) is 24.9 Å². The standard InChI is InChI=1S/C15H20N2O2/c1-12(16-11-13-6-3-2-4-7-13)14-8-5-9-15(10-14)17(18)19/h2-3,5,8-10,12-13,16H,4,6-7,11H2,1H3. The van der Waals surface area contributed by atoms with Crippen molar-refractivity contribution in [3.8, 4) is 0 Å². The van der Waals surface area contributed by atoms with Crippen molar-refractivity contribution >= 4 is 5.69 Å². The molecule has 0 radical (unpaired) electrons. The van der Waals surface area contributed by atoms with Gasteiger partial charge in [-0.25, -0.2) is 0 Å². The quantitative estimate of drug-likeness (QED) is 0.500. The Bertz CT molecular complexity index is 471. The van der Waals surface area contributed by atoms with E-state index in [1.807, 2.05) is 6.07 Å². The molecule has 1 aliphatic rings. The summed E-state index contributed by atoms with van der Waals surface area (Å²) in [5, 5.41) is 14.2. The lowest BCUT2D eigenvalue weighted by Crippen LogP contribution is -2.26. The maximum atomic E-state index is 10.8. The summed E-state index contributed by atoms with van der Waals surface area (Å²) in [5.74, 6) is 0.686. The van der Waals surface area contributed by atoms with E-state index in [4.69, 9.17) is 0 Å². The van der Waals surface area contributed by atoms with E-state index in [1.54, 1.807) is 12.1 Å². The second kappa shape index (κ2) is 6.48. The molecule has 2 unspecified atom stereocenters. The van der Waals surface area contributed by atoms with E-state index in [2.05, 4.69) is 24.4 Å². The molecule has 1 aromatic rings. The monoisotopic (exact) mass is 260 g/mol. The van der Waals surface area contributed by atoms with Gasteiger partial charge in [0.2, 0.25) is 0 Å². The van der Waals surface area contributed by atoms with Gasteiger partial charge in [0.1, 0.15) is 0 Å². The predicted octanol–water partition coefficient (Wildman–Crippen LogP) is 3.60. The van der Waals surface area contributed by atoms with Crippen LogP contribution < -0.4 is 5.32 Å². The van der Waals surface area contributed by atoms with Gasteiger partial charge in [0.15, 0.2) is 0 Å². The van der Waals surface area contributed by atoms with Crippen LogP contribution in [0.3, 0.4) is 0 Å². The first-order valence-corrected chi connectivity index (χ1v) is 6.79. The molecule has 0 spiro atoms. The molecular weight excluding hydrogens is 240 g/mol. The lowest BCUT2D eigenvalue weighted by atomic mass is 9.94. The smallest absolute Gasteiger partial charge is 0.269 e. The van der Waals surface area contributed by atoms with Gasteiger partial charge >= 0.3 is 0 Å². The number of rotatable bonds is 5. The fourth-order valence-electron chi connectivity index (χ4n) is 2.41. The van der Waals surface area contributed by atoms with E-state index >= 15 is 0 Å². The van der Waals surface area contributed by atoms with Crippen LogP contribution >= 0.6 is 0 Å². The average Bonchev–Trinajstić information content (AvgIpc) is 2.46. The lowest BCUT2D eigenvalue weighted by molar-refractivity contribution is -0.384. The fourth-order valence-corrected chi connectivity index (χ4v) is 2.41. The molecule has 2 rings (SSSR count). The first-order valence-electron chi connectivity index (χ1n) is 6.79. The van der Waals surface area contributed by atoms with Crippen LogP contribution in [0.1, 0.15) is 37.8 Å². The molecule has 0 bridgehead atoms. The van der Waals surface area contributed by atoms with Crippen LogP contribution in [-0.2, 0) is 0 Å². The van der Waals surface area contributed by atoms with Gasteiger partial charge in [-0.05, 0) is 44.2 Å². The molecule has 0 heterocycles. The molecule has 19 heavy (non-hydrogen) atoms. The highest BCUT2D eigenvalue weighted by Gasteiger charge is 2.14. The van der Waals surface area contributed by atoms with Crippen LogP contribution in [-0.4, -0.2) is 11.5 Å². The minimum absolute atomic E-state index is 0.144. The van der Waals surface area contributed by atoms with Gasteiger partial charge in [-0.1, -0.05) is 24.3 Å². The van der Waals surface area contributed by atoms with Crippen LogP contribution in [0, 0.1) is 16.0 Å². The Labute approximate surface area is 113 Å². The van der Waals surface area contributed by atoms with Crippen molar-refractivity contribution in [2.45, 2.75) is 32.2 Å². The first kappa shape index (κ1) is 13.7. The third-order valence-electron chi connectivity index (χ3n) is 3.67. The molecule has 0 aliphatic heterocycles. The zero-order chi connectivity index (χ0) is 13.7. The van der Waals surface area contributed by atoms with Crippen molar-refractivity contribution in [1.82, 2.24) is 5.32 Å². The summed E-state index contributed by atoms with van der Waals surface area (Å²) < 4.78 is 0. The van der Waals surface area contributed by atoms with E-state index < -0.39 is 0 Å². The Kier molecular flexibility index (Phi) is 4.68. The summed E-state index contributed by atoms with van der Waals surface area (Å²) in [6.45, 7) is 3.02. The predicted molar refractivity (Wildman–Crippen MR) is 76.0 cm³/mol. The normalized spacial score (nSPS) is 20.2. The number of nitro benzene ring substituents is 1. The average molecular weight is 260 g/mol. The largest absolute Gasteiger partial charge is 0.310 e. The maximum Gasteiger partial charge on any atom is 0.269 e. The van der Waals surface area contributed by atoms with Crippen LogP contribution in [0.2, 0.25) is 0 Å². The number of allylic oxidation sites excluding steroid dienone is 2. The number of nitro groups is 1. The van der Waals surface area contributed by atoms with Crippen molar-refractivity contribution in [2.75, 3.05) is 6.54 Å². The molecule has 0 fully saturated rings. The summed E-state index contributed by atoms with van der Waals surface area (Å²) >= 11 is 0. The molecule has 0 amide bonds. The molecule has 1 N–H and O–H groups in total. The number of benzene rings is 1. The van der Waals surface area contributed by atoms with Crippen LogP contribution in [0.25, 0.3) is 0 Å². The molecular formula is C15H20N2O2. The molecule has 4 nitrogen and oxygen atoms in total. The Balaban J connectivity index is 1.91. The Hall–Kier alpha value is -1.68. The zero-order valence-corrected chi connectivity index (χ0v) is 11.2. The van der Waals surface area contributed by atoms with Crippen molar-refractivity contribution < 1.29 is 4.92 Å². The Morgan fingerprint density at radius 2 is 2.32 bits per heavy atom. The summed E-state index contributed by atoms with van der Waals surface area (Å²) in [7, 11) is 0. The SMILES string of the molecule is CC(NCC1CC=CCC1)c1cccc([N+](=O)[O-])c1. The highest BCUT2D eigenvalue weighted by molar-refractivity contribution is 5.35. The van der Waals surface area contributed by atoms with Crippen LogP contribution in [0.4, 0.5) is 5.69 Å². The van der Waals surface area contributed by atoms with E-state index in [-0.39, 0.29) is 16.7 Å². The third-order valence-corrected chi connectivity index (χ3v) is 3.67. The second-order valence-electron chi connectivity index (χ2n) is 5.13. The summed E-state index contributed by atoms with van der Waals surface area (Å²) in [4.78, 5) is 10.4. The van der Waals surface area contributed by atoms with Crippen LogP contribution in [0.5, 0.6) is 0 Å². The number of hydrogen-bond acceptors (Lipinski definition) is 3. The molecule has 2 atom stereocenters. The van der Waals surface area contributed by atoms with Gasteiger partial charge in [0.05, 0.1) is 4.92 Å². The van der Waals surface area contributed by atoms with E-state index in [0.29, 0.717) is 5.92 Å². The van der Waals surface area contributed by atoms with Crippen molar-refractivity contribution in [2.24, 2.45) is 5.92 Å². The minimum atomic E-state index is -0.345. The number of nitrogens with one attached hydrogen (secondary N) is 1. The van der Waals surface area contributed by atoms with Gasteiger partial charge in [0.25, 0.3) is 5.69 Å². The number of nitrogens with zero attached hydrogens (tertiary/aromatic N) is 1. The van der Waals surface area contributed by atoms with Gasteiger partial charge in [0, 0.05) is 18.2 Å². The van der Waals surface area contributed by atoms with Gasteiger partial charge in [-0.15, -0.1) is 0 Å². The summed E-state index contributed by atoms with van der Waals surface area (Å²) in [5.41, 5.74) is 1.13. The molecule has 0 aromatic heterocycles. The van der Waals surface area contributed by atoms with Crippen molar-refractivity contribution in [1.29, 1.82) is 0 Å². The van der Waals surface area contributed by atoms with Gasteiger partial charge in [-0.2, -0.15) is 0 Å². The lowest BCUT2D eigenvalue weighted by Gasteiger charge is -2.21. The number of non-ortho nitro benzene ring substituents is 1. The van der Waals surface area contributed by atoms with Gasteiger partial charge in [-0.3, -0.25) is 10.1 Å². The highest BCUT2D eigenvalue weighted by atomic mass is 16.6. The zero-order valence-electron chi connectivity index (χ0n) is 11.2.